The maximum atomic E-state index is 9.05. The fourth-order valence-corrected chi connectivity index (χ4v) is 3.14. The Labute approximate surface area is 114 Å². The Morgan fingerprint density at radius 1 is 1.18 bits per heavy atom. The molecule has 0 radical (unpaired) electrons. The highest BCUT2D eigenvalue weighted by atomic mass is 79.9. The van der Waals surface area contributed by atoms with Crippen LogP contribution in [0.1, 0.15) is 11.1 Å². The van der Waals surface area contributed by atoms with Crippen molar-refractivity contribution in [1.29, 1.82) is 0 Å². The van der Waals surface area contributed by atoms with E-state index in [0.717, 1.165) is 14.9 Å². The SMILES string of the molecule is Cc1cccc(Sc2ccc(CO)cc2Br)c1. The largest absolute Gasteiger partial charge is 0.392 e. The first-order valence-corrected chi connectivity index (χ1v) is 6.94. The Hall–Kier alpha value is -0.770. The fraction of sp³-hybridized carbons (Fsp3) is 0.143. The molecule has 0 aliphatic carbocycles. The van der Waals surface area contributed by atoms with Gasteiger partial charge in [0.25, 0.3) is 0 Å². The first-order chi connectivity index (χ1) is 8.19. The third-order valence-corrected chi connectivity index (χ3v) is 4.38. The number of rotatable bonds is 3. The lowest BCUT2D eigenvalue weighted by Crippen LogP contribution is -1.84. The molecule has 17 heavy (non-hydrogen) atoms. The van der Waals surface area contributed by atoms with E-state index in [-0.39, 0.29) is 6.61 Å². The Bertz CT molecular complexity index is 525. The van der Waals surface area contributed by atoms with Crippen molar-refractivity contribution in [3.8, 4) is 0 Å². The van der Waals surface area contributed by atoms with Crippen LogP contribution in [0.15, 0.2) is 56.7 Å². The summed E-state index contributed by atoms with van der Waals surface area (Å²) in [4.78, 5) is 2.38. The van der Waals surface area contributed by atoms with Crippen LogP contribution in [0.5, 0.6) is 0 Å². The molecule has 0 atom stereocenters. The van der Waals surface area contributed by atoms with E-state index in [9.17, 15) is 0 Å². The predicted molar refractivity (Wildman–Crippen MR) is 75.4 cm³/mol. The maximum Gasteiger partial charge on any atom is 0.0682 e. The summed E-state index contributed by atoms with van der Waals surface area (Å²) in [5.41, 5.74) is 2.18. The maximum absolute atomic E-state index is 9.05. The van der Waals surface area contributed by atoms with Gasteiger partial charge in [-0.1, -0.05) is 35.5 Å². The van der Waals surface area contributed by atoms with Crippen LogP contribution in [0.2, 0.25) is 0 Å². The molecule has 0 saturated heterocycles. The number of halogens is 1. The van der Waals surface area contributed by atoms with Gasteiger partial charge in [-0.15, -0.1) is 0 Å². The number of benzene rings is 2. The Morgan fingerprint density at radius 3 is 2.65 bits per heavy atom. The zero-order valence-electron chi connectivity index (χ0n) is 9.48. The summed E-state index contributed by atoms with van der Waals surface area (Å²) < 4.78 is 1.02. The van der Waals surface area contributed by atoms with Gasteiger partial charge < -0.3 is 5.11 Å². The van der Waals surface area contributed by atoms with Gasteiger partial charge in [-0.3, -0.25) is 0 Å². The van der Waals surface area contributed by atoms with E-state index in [1.165, 1.54) is 10.5 Å². The zero-order chi connectivity index (χ0) is 12.3. The lowest BCUT2D eigenvalue weighted by Gasteiger charge is -2.06. The smallest absolute Gasteiger partial charge is 0.0682 e. The summed E-state index contributed by atoms with van der Waals surface area (Å²) in [6, 6.07) is 14.4. The molecule has 2 rings (SSSR count). The third-order valence-electron chi connectivity index (χ3n) is 2.40. The van der Waals surface area contributed by atoms with Gasteiger partial charge in [0.2, 0.25) is 0 Å². The molecule has 0 fully saturated rings. The minimum atomic E-state index is 0.0774. The molecule has 1 nitrogen and oxygen atoms in total. The van der Waals surface area contributed by atoms with Crippen molar-refractivity contribution in [2.45, 2.75) is 23.3 Å². The van der Waals surface area contributed by atoms with E-state index in [1.54, 1.807) is 11.8 Å². The van der Waals surface area contributed by atoms with E-state index >= 15 is 0 Å². The van der Waals surface area contributed by atoms with Crippen molar-refractivity contribution in [3.05, 3.63) is 58.1 Å². The van der Waals surface area contributed by atoms with Crippen LogP contribution in [0.25, 0.3) is 0 Å². The predicted octanol–water partition coefficient (Wildman–Crippen LogP) is 4.40. The van der Waals surface area contributed by atoms with Crippen molar-refractivity contribution < 1.29 is 5.11 Å². The van der Waals surface area contributed by atoms with Crippen LogP contribution >= 0.6 is 27.7 Å². The Morgan fingerprint density at radius 2 is 2.00 bits per heavy atom. The summed E-state index contributed by atoms with van der Waals surface area (Å²) in [6.45, 7) is 2.17. The molecule has 3 heteroatoms. The van der Waals surface area contributed by atoms with Crippen LogP contribution in [0, 0.1) is 6.92 Å². The van der Waals surface area contributed by atoms with Crippen LogP contribution < -0.4 is 0 Å². The molecular formula is C14H13BrOS. The minimum Gasteiger partial charge on any atom is -0.392 e. The first-order valence-electron chi connectivity index (χ1n) is 5.33. The van der Waals surface area contributed by atoms with Crippen molar-refractivity contribution in [2.24, 2.45) is 0 Å². The van der Waals surface area contributed by atoms with E-state index in [4.69, 9.17) is 5.11 Å². The molecule has 0 spiro atoms. The Kier molecular flexibility index (Phi) is 4.26. The van der Waals surface area contributed by atoms with E-state index < -0.39 is 0 Å². The molecule has 0 unspecified atom stereocenters. The molecule has 0 saturated carbocycles. The second-order valence-electron chi connectivity index (χ2n) is 3.84. The lowest BCUT2D eigenvalue weighted by atomic mass is 10.2. The average Bonchev–Trinajstić information content (AvgIpc) is 2.32. The van der Waals surface area contributed by atoms with Crippen LogP contribution in [-0.4, -0.2) is 5.11 Å². The topological polar surface area (TPSA) is 20.2 Å². The van der Waals surface area contributed by atoms with Crippen LogP contribution in [0.3, 0.4) is 0 Å². The highest BCUT2D eigenvalue weighted by Gasteiger charge is 2.03. The lowest BCUT2D eigenvalue weighted by molar-refractivity contribution is 0.281. The number of aryl methyl sites for hydroxylation is 1. The van der Waals surface area contributed by atoms with Gasteiger partial charge >= 0.3 is 0 Å². The van der Waals surface area contributed by atoms with Crippen molar-refractivity contribution in [1.82, 2.24) is 0 Å². The number of hydrogen-bond acceptors (Lipinski definition) is 2. The van der Waals surface area contributed by atoms with Gasteiger partial charge in [0.05, 0.1) is 6.61 Å². The van der Waals surface area contributed by atoms with Gasteiger partial charge in [0, 0.05) is 14.3 Å². The minimum absolute atomic E-state index is 0.0774. The number of hydrogen-bond donors (Lipinski definition) is 1. The molecule has 0 bridgehead atoms. The number of aliphatic hydroxyl groups excluding tert-OH is 1. The third kappa shape index (κ3) is 3.35. The summed E-state index contributed by atoms with van der Waals surface area (Å²) in [5.74, 6) is 0. The van der Waals surface area contributed by atoms with Gasteiger partial charge in [0.15, 0.2) is 0 Å². The van der Waals surface area contributed by atoms with Crippen molar-refractivity contribution >= 4 is 27.7 Å². The molecule has 88 valence electrons. The molecule has 0 heterocycles. The van der Waals surface area contributed by atoms with Crippen LogP contribution in [-0.2, 0) is 6.61 Å². The average molecular weight is 309 g/mol. The van der Waals surface area contributed by atoms with Gasteiger partial charge in [-0.25, -0.2) is 0 Å². The molecule has 0 aliphatic rings. The number of aliphatic hydroxyl groups is 1. The molecule has 2 aromatic rings. The first kappa shape index (κ1) is 12.7. The second-order valence-corrected chi connectivity index (χ2v) is 5.81. The summed E-state index contributed by atoms with van der Waals surface area (Å²) in [6.07, 6.45) is 0. The normalized spacial score (nSPS) is 10.5. The monoisotopic (exact) mass is 308 g/mol. The molecule has 0 amide bonds. The highest BCUT2D eigenvalue weighted by Crippen LogP contribution is 2.34. The quantitative estimate of drug-likeness (QED) is 0.907. The van der Waals surface area contributed by atoms with Crippen LogP contribution in [0.4, 0.5) is 0 Å². The fourth-order valence-electron chi connectivity index (χ4n) is 1.53. The summed E-state index contributed by atoms with van der Waals surface area (Å²) >= 11 is 5.25. The summed E-state index contributed by atoms with van der Waals surface area (Å²) in [5, 5.41) is 9.05. The molecule has 0 aromatic heterocycles. The van der Waals surface area contributed by atoms with E-state index in [1.807, 2.05) is 18.2 Å². The van der Waals surface area contributed by atoms with Crippen molar-refractivity contribution in [3.63, 3.8) is 0 Å². The molecule has 0 aliphatic heterocycles. The standard InChI is InChI=1S/C14H13BrOS/c1-10-3-2-4-12(7-10)17-14-6-5-11(9-16)8-13(14)15/h2-8,16H,9H2,1H3. The van der Waals surface area contributed by atoms with Gasteiger partial charge in [-0.05, 0) is 52.7 Å². The summed E-state index contributed by atoms with van der Waals surface area (Å²) in [7, 11) is 0. The van der Waals surface area contributed by atoms with E-state index in [0.29, 0.717) is 0 Å². The second kappa shape index (κ2) is 5.71. The highest BCUT2D eigenvalue weighted by molar-refractivity contribution is 9.10. The van der Waals surface area contributed by atoms with Gasteiger partial charge in [0.1, 0.15) is 0 Å². The molecule has 1 N–H and O–H groups in total. The zero-order valence-corrected chi connectivity index (χ0v) is 11.9. The molecular weight excluding hydrogens is 296 g/mol. The van der Waals surface area contributed by atoms with Gasteiger partial charge in [-0.2, -0.15) is 0 Å². The van der Waals surface area contributed by atoms with E-state index in [2.05, 4.69) is 47.1 Å². The Balaban J connectivity index is 2.24. The van der Waals surface area contributed by atoms with Crippen molar-refractivity contribution in [2.75, 3.05) is 0 Å². The molecule has 2 aromatic carbocycles.